The van der Waals surface area contributed by atoms with Gasteiger partial charge in [-0.3, -0.25) is 4.98 Å². The minimum atomic E-state index is -3.77. The van der Waals surface area contributed by atoms with Gasteiger partial charge in [0, 0.05) is 18.3 Å². The van der Waals surface area contributed by atoms with E-state index in [1.54, 1.807) is 0 Å². The van der Waals surface area contributed by atoms with Gasteiger partial charge in [-0.25, -0.2) is 17.5 Å². The van der Waals surface area contributed by atoms with E-state index in [1.807, 2.05) is 0 Å². The number of nitrogens with two attached hydrogens (primary N) is 1. The Hall–Kier alpha value is -1.05. The number of hydrogen-bond donors (Lipinski definition) is 2. The molecule has 0 saturated heterocycles. The Morgan fingerprint density at radius 1 is 1.39 bits per heavy atom. The second-order valence-electron chi connectivity index (χ2n) is 4.64. The SMILES string of the molecule is NCC1(NS(=O)(=O)c2cncc(F)c2)CCCC1. The molecule has 0 amide bonds. The zero-order chi connectivity index (χ0) is 13.2. The van der Waals surface area contributed by atoms with E-state index in [9.17, 15) is 12.8 Å². The minimum absolute atomic E-state index is 0.165. The Kier molecular flexibility index (Phi) is 3.65. The van der Waals surface area contributed by atoms with E-state index >= 15 is 0 Å². The summed E-state index contributed by atoms with van der Waals surface area (Å²) >= 11 is 0. The number of halogens is 1. The molecule has 1 saturated carbocycles. The molecular formula is C11H16FN3O2S. The number of rotatable bonds is 4. The molecule has 18 heavy (non-hydrogen) atoms. The molecular weight excluding hydrogens is 257 g/mol. The molecule has 1 fully saturated rings. The number of pyridine rings is 1. The van der Waals surface area contributed by atoms with Crippen molar-refractivity contribution in [1.82, 2.24) is 9.71 Å². The van der Waals surface area contributed by atoms with Crippen molar-refractivity contribution in [2.75, 3.05) is 6.54 Å². The van der Waals surface area contributed by atoms with Crippen molar-refractivity contribution in [3.8, 4) is 0 Å². The molecule has 1 heterocycles. The van der Waals surface area contributed by atoms with E-state index in [2.05, 4.69) is 9.71 Å². The lowest BCUT2D eigenvalue weighted by molar-refractivity contribution is 0.399. The van der Waals surface area contributed by atoms with Crippen molar-refractivity contribution in [3.63, 3.8) is 0 Å². The van der Waals surface area contributed by atoms with Crippen molar-refractivity contribution in [1.29, 1.82) is 0 Å². The highest BCUT2D eigenvalue weighted by molar-refractivity contribution is 7.89. The van der Waals surface area contributed by atoms with Crippen LogP contribution in [0.2, 0.25) is 0 Å². The summed E-state index contributed by atoms with van der Waals surface area (Å²) in [7, 11) is -3.77. The fourth-order valence-corrected chi connectivity index (χ4v) is 3.73. The van der Waals surface area contributed by atoms with Crippen LogP contribution < -0.4 is 10.5 Å². The maximum atomic E-state index is 13.0. The molecule has 1 aliphatic rings. The van der Waals surface area contributed by atoms with Gasteiger partial charge in [0.25, 0.3) is 0 Å². The smallest absolute Gasteiger partial charge is 0.242 e. The molecule has 3 N–H and O–H groups in total. The van der Waals surface area contributed by atoms with Gasteiger partial charge in [-0.2, -0.15) is 0 Å². The van der Waals surface area contributed by atoms with E-state index < -0.39 is 21.4 Å². The number of hydrogen-bond acceptors (Lipinski definition) is 4. The Morgan fingerprint density at radius 2 is 2.06 bits per heavy atom. The van der Waals surface area contributed by atoms with Crippen LogP contribution in [-0.4, -0.2) is 25.5 Å². The van der Waals surface area contributed by atoms with E-state index in [0.29, 0.717) is 12.8 Å². The van der Waals surface area contributed by atoms with Crippen LogP contribution in [0.3, 0.4) is 0 Å². The summed E-state index contributed by atoms with van der Waals surface area (Å²) in [6.45, 7) is 0.245. The van der Waals surface area contributed by atoms with Gasteiger partial charge in [-0.1, -0.05) is 12.8 Å². The molecule has 1 aromatic heterocycles. The summed E-state index contributed by atoms with van der Waals surface area (Å²) in [5.74, 6) is -0.675. The lowest BCUT2D eigenvalue weighted by Gasteiger charge is -2.28. The van der Waals surface area contributed by atoms with Gasteiger partial charge in [-0.05, 0) is 18.9 Å². The van der Waals surface area contributed by atoms with Crippen LogP contribution >= 0.6 is 0 Å². The zero-order valence-electron chi connectivity index (χ0n) is 9.89. The van der Waals surface area contributed by atoms with Crippen molar-refractivity contribution in [3.05, 3.63) is 24.3 Å². The summed E-state index contributed by atoms with van der Waals surface area (Å²) in [4.78, 5) is 3.38. The quantitative estimate of drug-likeness (QED) is 0.848. The molecule has 0 aromatic carbocycles. The van der Waals surface area contributed by atoms with Crippen molar-refractivity contribution >= 4 is 10.0 Å². The maximum Gasteiger partial charge on any atom is 0.242 e. The Labute approximate surface area is 106 Å². The highest BCUT2D eigenvalue weighted by Gasteiger charge is 2.36. The molecule has 0 bridgehead atoms. The van der Waals surface area contributed by atoms with Gasteiger partial charge in [0.05, 0.1) is 6.20 Å². The van der Waals surface area contributed by atoms with Crippen LogP contribution in [-0.2, 0) is 10.0 Å². The van der Waals surface area contributed by atoms with E-state index in [1.165, 1.54) is 0 Å². The van der Waals surface area contributed by atoms with Crippen molar-refractivity contribution in [2.24, 2.45) is 5.73 Å². The second-order valence-corrected chi connectivity index (χ2v) is 6.32. The summed E-state index contributed by atoms with van der Waals surface area (Å²) in [5.41, 5.74) is 5.08. The van der Waals surface area contributed by atoms with Gasteiger partial charge in [0.15, 0.2) is 0 Å². The van der Waals surface area contributed by atoms with Crippen LogP contribution in [0, 0.1) is 5.82 Å². The van der Waals surface area contributed by atoms with Gasteiger partial charge in [-0.15, -0.1) is 0 Å². The van der Waals surface area contributed by atoms with Crippen LogP contribution in [0.15, 0.2) is 23.4 Å². The van der Waals surface area contributed by atoms with Gasteiger partial charge in [0.1, 0.15) is 10.7 Å². The lowest BCUT2D eigenvalue weighted by Crippen LogP contribution is -2.51. The largest absolute Gasteiger partial charge is 0.329 e. The molecule has 0 aliphatic heterocycles. The van der Waals surface area contributed by atoms with Crippen LogP contribution in [0.4, 0.5) is 4.39 Å². The third-order valence-electron chi connectivity index (χ3n) is 3.29. The third kappa shape index (κ3) is 2.68. The normalized spacial score (nSPS) is 19.0. The lowest BCUT2D eigenvalue weighted by atomic mass is 10.0. The second kappa shape index (κ2) is 4.91. The van der Waals surface area contributed by atoms with E-state index in [4.69, 9.17) is 5.73 Å². The molecule has 100 valence electrons. The van der Waals surface area contributed by atoms with Gasteiger partial charge >= 0.3 is 0 Å². The fraction of sp³-hybridized carbons (Fsp3) is 0.545. The number of sulfonamides is 1. The minimum Gasteiger partial charge on any atom is -0.329 e. The Bertz CT molecular complexity index is 527. The Balaban J connectivity index is 2.27. The first kappa shape index (κ1) is 13.4. The van der Waals surface area contributed by atoms with Crippen molar-refractivity contribution in [2.45, 2.75) is 36.1 Å². The first-order valence-corrected chi connectivity index (χ1v) is 7.30. The number of aromatic nitrogens is 1. The first-order chi connectivity index (χ1) is 8.47. The molecule has 1 aromatic rings. The predicted octanol–water partition coefficient (Wildman–Crippen LogP) is 0.770. The molecule has 5 nitrogen and oxygen atoms in total. The highest BCUT2D eigenvalue weighted by atomic mass is 32.2. The maximum absolute atomic E-state index is 13.0. The standard InChI is InChI=1S/C11H16FN3O2S/c12-9-5-10(7-14-6-9)18(16,17)15-11(8-13)3-1-2-4-11/h5-7,15H,1-4,8,13H2. The molecule has 7 heteroatoms. The first-order valence-electron chi connectivity index (χ1n) is 5.82. The monoisotopic (exact) mass is 273 g/mol. The van der Waals surface area contributed by atoms with Gasteiger partial charge in [0.2, 0.25) is 10.0 Å². The fourth-order valence-electron chi connectivity index (χ4n) is 2.28. The summed E-state index contributed by atoms with van der Waals surface area (Å²) in [6.07, 6.45) is 5.41. The van der Waals surface area contributed by atoms with Crippen LogP contribution in [0.1, 0.15) is 25.7 Å². The Morgan fingerprint density at radius 3 is 2.61 bits per heavy atom. The molecule has 0 unspecified atom stereocenters. The van der Waals surface area contributed by atoms with Crippen LogP contribution in [0.25, 0.3) is 0 Å². The number of nitrogens with zero attached hydrogens (tertiary/aromatic N) is 1. The topological polar surface area (TPSA) is 85.1 Å². The zero-order valence-corrected chi connectivity index (χ0v) is 10.7. The molecule has 0 atom stereocenters. The highest BCUT2D eigenvalue weighted by Crippen LogP contribution is 2.30. The van der Waals surface area contributed by atoms with E-state index in [-0.39, 0.29) is 11.4 Å². The van der Waals surface area contributed by atoms with Crippen LogP contribution in [0.5, 0.6) is 0 Å². The predicted molar refractivity (Wildman–Crippen MR) is 64.8 cm³/mol. The molecule has 2 rings (SSSR count). The summed E-state index contributed by atoms with van der Waals surface area (Å²) in [5, 5.41) is 0. The third-order valence-corrected chi connectivity index (χ3v) is 4.84. The molecule has 0 spiro atoms. The van der Waals surface area contributed by atoms with Crippen molar-refractivity contribution < 1.29 is 12.8 Å². The summed E-state index contributed by atoms with van der Waals surface area (Å²) in [6, 6.07) is 0.953. The average molecular weight is 273 g/mol. The molecule has 0 radical (unpaired) electrons. The van der Waals surface area contributed by atoms with E-state index in [0.717, 1.165) is 31.3 Å². The average Bonchev–Trinajstić information content (AvgIpc) is 2.77. The summed E-state index contributed by atoms with van der Waals surface area (Å²) < 4.78 is 39.9. The van der Waals surface area contributed by atoms with Gasteiger partial charge < -0.3 is 5.73 Å². The number of nitrogens with one attached hydrogen (secondary N) is 1. The molecule has 1 aliphatic carbocycles.